The SMILES string of the molecule is CCOc1ccc(C)cc1C(C)NC(=O)N/C=C/c1cccc(OC)c1. The first-order chi connectivity index (χ1) is 12.5. The predicted molar refractivity (Wildman–Crippen MR) is 104 cm³/mol. The molecule has 0 spiro atoms. The Morgan fingerprint density at radius 3 is 2.77 bits per heavy atom. The van der Waals surface area contributed by atoms with Crippen molar-refractivity contribution in [3.8, 4) is 11.5 Å². The number of nitrogens with one attached hydrogen (secondary N) is 2. The van der Waals surface area contributed by atoms with Crippen molar-refractivity contribution in [2.75, 3.05) is 13.7 Å². The molecule has 138 valence electrons. The first-order valence-electron chi connectivity index (χ1n) is 8.64. The quantitative estimate of drug-likeness (QED) is 0.773. The molecule has 2 amide bonds. The third kappa shape index (κ3) is 5.55. The Morgan fingerprint density at radius 1 is 1.23 bits per heavy atom. The van der Waals surface area contributed by atoms with Crippen LogP contribution in [-0.4, -0.2) is 19.7 Å². The van der Waals surface area contributed by atoms with Crippen LogP contribution in [-0.2, 0) is 0 Å². The fraction of sp³-hybridized carbons (Fsp3) is 0.286. The lowest BCUT2D eigenvalue weighted by Crippen LogP contribution is -2.34. The number of hydrogen-bond acceptors (Lipinski definition) is 3. The van der Waals surface area contributed by atoms with Crippen molar-refractivity contribution in [1.29, 1.82) is 0 Å². The molecule has 2 aromatic carbocycles. The molecule has 0 aliphatic rings. The standard InChI is InChI=1S/C21H26N2O3/c1-5-26-20-10-9-15(2)13-19(20)16(3)23-21(24)22-12-11-17-7-6-8-18(14-17)25-4/h6-14,16H,5H2,1-4H3,(H2,22,23,24)/b12-11+. The minimum atomic E-state index is -0.277. The van der Waals surface area contributed by atoms with Gasteiger partial charge in [-0.15, -0.1) is 0 Å². The second-order valence-corrected chi connectivity index (χ2v) is 5.92. The van der Waals surface area contributed by atoms with Crippen molar-refractivity contribution in [3.63, 3.8) is 0 Å². The number of carbonyl (C=O) groups excluding carboxylic acids is 1. The van der Waals surface area contributed by atoms with Gasteiger partial charge in [0.25, 0.3) is 0 Å². The summed E-state index contributed by atoms with van der Waals surface area (Å²) in [7, 11) is 1.62. The number of rotatable bonds is 7. The predicted octanol–water partition coefficient (Wildman–Crippen LogP) is 4.43. The fourth-order valence-electron chi connectivity index (χ4n) is 2.57. The summed E-state index contributed by atoms with van der Waals surface area (Å²) in [6, 6.07) is 13.1. The first-order valence-corrected chi connectivity index (χ1v) is 8.64. The Morgan fingerprint density at radius 2 is 2.04 bits per heavy atom. The zero-order valence-electron chi connectivity index (χ0n) is 15.7. The van der Waals surface area contributed by atoms with Crippen LogP contribution < -0.4 is 20.1 Å². The molecule has 1 unspecified atom stereocenters. The van der Waals surface area contributed by atoms with Gasteiger partial charge in [-0.3, -0.25) is 0 Å². The molecule has 2 aromatic rings. The Hall–Kier alpha value is -2.95. The van der Waals surface area contributed by atoms with Gasteiger partial charge >= 0.3 is 6.03 Å². The largest absolute Gasteiger partial charge is 0.497 e. The van der Waals surface area contributed by atoms with E-state index in [0.29, 0.717) is 6.61 Å². The molecule has 0 radical (unpaired) electrons. The summed E-state index contributed by atoms with van der Waals surface area (Å²) in [5, 5.41) is 5.65. The van der Waals surface area contributed by atoms with Crippen molar-refractivity contribution in [2.24, 2.45) is 0 Å². The normalized spacial score (nSPS) is 11.8. The highest BCUT2D eigenvalue weighted by Gasteiger charge is 2.14. The second-order valence-electron chi connectivity index (χ2n) is 5.92. The van der Waals surface area contributed by atoms with Crippen LogP contribution in [0.25, 0.3) is 6.08 Å². The molecular formula is C21H26N2O3. The van der Waals surface area contributed by atoms with E-state index in [1.807, 2.05) is 69.3 Å². The molecular weight excluding hydrogens is 328 g/mol. The van der Waals surface area contributed by atoms with Crippen LogP contribution in [0, 0.1) is 6.92 Å². The summed E-state index contributed by atoms with van der Waals surface area (Å²) in [6.45, 7) is 6.47. The number of amides is 2. The van der Waals surface area contributed by atoms with Gasteiger partial charge in [0.1, 0.15) is 11.5 Å². The summed E-state index contributed by atoms with van der Waals surface area (Å²) in [5.74, 6) is 1.56. The minimum Gasteiger partial charge on any atom is -0.497 e. The van der Waals surface area contributed by atoms with E-state index in [0.717, 1.165) is 28.2 Å². The maximum atomic E-state index is 12.2. The number of methoxy groups -OCH3 is 1. The van der Waals surface area contributed by atoms with Gasteiger partial charge in [-0.2, -0.15) is 0 Å². The highest BCUT2D eigenvalue weighted by Crippen LogP contribution is 2.26. The molecule has 0 saturated carbocycles. The van der Waals surface area contributed by atoms with E-state index in [4.69, 9.17) is 9.47 Å². The topological polar surface area (TPSA) is 59.6 Å². The van der Waals surface area contributed by atoms with Gasteiger partial charge in [0.05, 0.1) is 19.8 Å². The minimum absolute atomic E-state index is 0.179. The van der Waals surface area contributed by atoms with E-state index < -0.39 is 0 Å². The number of benzene rings is 2. The molecule has 0 fully saturated rings. The fourth-order valence-corrected chi connectivity index (χ4v) is 2.57. The van der Waals surface area contributed by atoms with Gasteiger partial charge in [-0.25, -0.2) is 4.79 Å². The first kappa shape index (κ1) is 19.4. The van der Waals surface area contributed by atoms with Crippen molar-refractivity contribution in [3.05, 3.63) is 65.4 Å². The zero-order valence-corrected chi connectivity index (χ0v) is 15.7. The Bertz CT molecular complexity index is 772. The van der Waals surface area contributed by atoms with E-state index in [2.05, 4.69) is 10.6 Å². The highest BCUT2D eigenvalue weighted by molar-refractivity contribution is 5.76. The third-order valence-corrected chi connectivity index (χ3v) is 3.86. The molecule has 0 aliphatic heterocycles. The maximum Gasteiger partial charge on any atom is 0.319 e. The van der Waals surface area contributed by atoms with Gasteiger partial charge in [0.15, 0.2) is 0 Å². The Labute approximate surface area is 155 Å². The number of carbonyl (C=O) groups is 1. The third-order valence-electron chi connectivity index (χ3n) is 3.86. The lowest BCUT2D eigenvalue weighted by atomic mass is 10.0. The summed E-state index contributed by atoms with van der Waals surface area (Å²) in [6.07, 6.45) is 3.42. The Kier molecular flexibility index (Phi) is 7.09. The molecule has 0 aliphatic carbocycles. The second kappa shape index (κ2) is 9.51. The molecule has 26 heavy (non-hydrogen) atoms. The molecule has 0 bridgehead atoms. The van der Waals surface area contributed by atoms with Crippen LogP contribution in [0.15, 0.2) is 48.7 Å². The number of aryl methyl sites for hydroxylation is 1. The van der Waals surface area contributed by atoms with Crippen LogP contribution in [0.5, 0.6) is 11.5 Å². The molecule has 0 saturated heterocycles. The van der Waals surface area contributed by atoms with Crippen molar-refractivity contribution in [2.45, 2.75) is 26.8 Å². The lowest BCUT2D eigenvalue weighted by Gasteiger charge is -2.18. The summed E-state index contributed by atoms with van der Waals surface area (Å²) >= 11 is 0. The van der Waals surface area contributed by atoms with Crippen LogP contribution >= 0.6 is 0 Å². The molecule has 1 atom stereocenters. The van der Waals surface area contributed by atoms with E-state index >= 15 is 0 Å². The molecule has 5 nitrogen and oxygen atoms in total. The Balaban J connectivity index is 1.97. The van der Waals surface area contributed by atoms with E-state index in [1.165, 1.54) is 0 Å². The molecule has 0 heterocycles. The molecule has 5 heteroatoms. The van der Waals surface area contributed by atoms with E-state index in [-0.39, 0.29) is 12.1 Å². The summed E-state index contributed by atoms with van der Waals surface area (Å²) in [4.78, 5) is 12.2. The van der Waals surface area contributed by atoms with E-state index in [9.17, 15) is 4.79 Å². The van der Waals surface area contributed by atoms with E-state index in [1.54, 1.807) is 13.3 Å². The van der Waals surface area contributed by atoms with Crippen molar-refractivity contribution in [1.82, 2.24) is 10.6 Å². The van der Waals surface area contributed by atoms with Gasteiger partial charge in [0.2, 0.25) is 0 Å². The van der Waals surface area contributed by atoms with Gasteiger partial charge in [-0.05, 0) is 50.6 Å². The zero-order chi connectivity index (χ0) is 18.9. The maximum absolute atomic E-state index is 12.2. The van der Waals surface area contributed by atoms with Gasteiger partial charge in [0, 0.05) is 11.8 Å². The van der Waals surface area contributed by atoms with Crippen LogP contribution in [0.1, 0.15) is 36.6 Å². The molecule has 2 rings (SSSR count). The average molecular weight is 354 g/mol. The monoisotopic (exact) mass is 354 g/mol. The smallest absolute Gasteiger partial charge is 0.319 e. The lowest BCUT2D eigenvalue weighted by molar-refractivity contribution is 0.241. The van der Waals surface area contributed by atoms with Crippen molar-refractivity contribution < 1.29 is 14.3 Å². The number of urea groups is 1. The highest BCUT2D eigenvalue weighted by atomic mass is 16.5. The summed E-state index contributed by atoms with van der Waals surface area (Å²) in [5.41, 5.74) is 3.02. The molecule has 2 N–H and O–H groups in total. The van der Waals surface area contributed by atoms with Crippen LogP contribution in [0.2, 0.25) is 0 Å². The molecule has 0 aromatic heterocycles. The number of hydrogen-bond donors (Lipinski definition) is 2. The van der Waals surface area contributed by atoms with Crippen LogP contribution in [0.4, 0.5) is 4.79 Å². The number of ether oxygens (including phenoxy) is 2. The van der Waals surface area contributed by atoms with Crippen molar-refractivity contribution >= 4 is 12.1 Å². The average Bonchev–Trinajstić information content (AvgIpc) is 2.63. The summed E-state index contributed by atoms with van der Waals surface area (Å²) < 4.78 is 10.8. The van der Waals surface area contributed by atoms with Gasteiger partial charge < -0.3 is 20.1 Å². The van der Waals surface area contributed by atoms with Gasteiger partial charge in [-0.1, -0.05) is 29.8 Å². The van der Waals surface area contributed by atoms with Crippen LogP contribution in [0.3, 0.4) is 0 Å².